The minimum absolute atomic E-state index is 0.857. The third-order valence-corrected chi connectivity index (χ3v) is 3.99. The number of aromatic nitrogens is 2. The molecule has 0 atom stereocenters. The van der Waals surface area contributed by atoms with Crippen molar-refractivity contribution < 1.29 is 4.74 Å². The van der Waals surface area contributed by atoms with Crippen LogP contribution in [0.5, 0.6) is 5.88 Å². The average Bonchev–Trinajstić information content (AvgIpc) is 2.93. The number of rotatable bonds is 6. The number of hydrogen-bond donors (Lipinski definition) is 1. The first kappa shape index (κ1) is 13.4. The van der Waals surface area contributed by atoms with E-state index in [4.69, 9.17) is 4.74 Å². The van der Waals surface area contributed by atoms with Gasteiger partial charge in [0.1, 0.15) is 0 Å². The molecule has 1 N–H and O–H groups in total. The second-order valence-electron chi connectivity index (χ2n) is 5.31. The van der Waals surface area contributed by atoms with Gasteiger partial charge in [-0.1, -0.05) is 25.7 Å². The number of aryl methyl sites for hydroxylation is 2. The Kier molecular flexibility index (Phi) is 4.64. The van der Waals surface area contributed by atoms with Gasteiger partial charge in [-0.3, -0.25) is 0 Å². The highest BCUT2D eigenvalue weighted by Gasteiger charge is 2.15. The molecule has 0 amide bonds. The molecule has 1 aromatic rings. The van der Waals surface area contributed by atoms with E-state index in [1.54, 1.807) is 7.11 Å². The zero-order valence-electron chi connectivity index (χ0n) is 11.8. The summed E-state index contributed by atoms with van der Waals surface area (Å²) < 4.78 is 7.20. The van der Waals surface area contributed by atoms with Gasteiger partial charge in [0, 0.05) is 13.6 Å². The van der Waals surface area contributed by atoms with Gasteiger partial charge in [0.05, 0.1) is 18.4 Å². The molecular weight excluding hydrogens is 226 g/mol. The summed E-state index contributed by atoms with van der Waals surface area (Å²) in [6.07, 6.45) is 7.02. The van der Waals surface area contributed by atoms with Crippen LogP contribution in [0.3, 0.4) is 0 Å². The first-order valence-electron chi connectivity index (χ1n) is 6.99. The molecule has 0 spiro atoms. The number of hydrogen-bond acceptors (Lipinski definition) is 3. The molecule has 1 heterocycles. The molecule has 0 unspecified atom stereocenters. The van der Waals surface area contributed by atoms with Gasteiger partial charge in [-0.25, -0.2) is 4.68 Å². The van der Waals surface area contributed by atoms with Crippen molar-refractivity contribution in [1.82, 2.24) is 15.1 Å². The summed E-state index contributed by atoms with van der Waals surface area (Å²) >= 11 is 0. The summed E-state index contributed by atoms with van der Waals surface area (Å²) in [6, 6.07) is 0. The van der Waals surface area contributed by atoms with Gasteiger partial charge < -0.3 is 10.1 Å². The van der Waals surface area contributed by atoms with Gasteiger partial charge in [0.25, 0.3) is 0 Å². The summed E-state index contributed by atoms with van der Waals surface area (Å²) in [5.74, 6) is 1.83. The van der Waals surface area contributed by atoms with Crippen molar-refractivity contribution in [1.29, 1.82) is 0 Å². The lowest BCUT2D eigenvalue weighted by molar-refractivity contribution is 0.367. The molecular formula is C14H25N3O. The largest absolute Gasteiger partial charge is 0.481 e. The maximum atomic E-state index is 5.39. The van der Waals surface area contributed by atoms with Gasteiger partial charge in [-0.05, 0) is 25.8 Å². The molecule has 1 fully saturated rings. The minimum atomic E-state index is 0.857. The van der Waals surface area contributed by atoms with E-state index in [0.29, 0.717) is 0 Å². The summed E-state index contributed by atoms with van der Waals surface area (Å²) in [7, 11) is 3.63. The third-order valence-electron chi connectivity index (χ3n) is 3.99. The Balaban J connectivity index is 1.78. The van der Waals surface area contributed by atoms with Gasteiger partial charge in [-0.15, -0.1) is 0 Å². The summed E-state index contributed by atoms with van der Waals surface area (Å²) in [5.41, 5.74) is 2.24. The maximum absolute atomic E-state index is 5.39. The topological polar surface area (TPSA) is 39.1 Å². The monoisotopic (exact) mass is 251 g/mol. The molecule has 0 radical (unpaired) electrons. The van der Waals surface area contributed by atoms with E-state index < -0.39 is 0 Å². The van der Waals surface area contributed by atoms with Crippen LogP contribution < -0.4 is 10.1 Å². The lowest BCUT2D eigenvalue weighted by Crippen LogP contribution is -2.17. The average molecular weight is 251 g/mol. The number of nitrogens with one attached hydrogen (secondary N) is 1. The Morgan fingerprint density at radius 1 is 1.39 bits per heavy atom. The van der Waals surface area contributed by atoms with Gasteiger partial charge >= 0.3 is 0 Å². The highest BCUT2D eigenvalue weighted by Crippen LogP contribution is 2.27. The number of nitrogens with zero attached hydrogens (tertiary/aromatic N) is 2. The van der Waals surface area contributed by atoms with Crippen LogP contribution in [-0.4, -0.2) is 23.4 Å². The van der Waals surface area contributed by atoms with E-state index in [-0.39, 0.29) is 0 Å². The van der Waals surface area contributed by atoms with E-state index in [0.717, 1.165) is 30.6 Å². The third kappa shape index (κ3) is 3.05. The second-order valence-corrected chi connectivity index (χ2v) is 5.31. The quantitative estimate of drug-likeness (QED) is 0.789. The van der Waals surface area contributed by atoms with Crippen molar-refractivity contribution in [3.05, 3.63) is 11.3 Å². The fourth-order valence-electron chi connectivity index (χ4n) is 2.96. The first-order valence-corrected chi connectivity index (χ1v) is 6.99. The number of methoxy groups -OCH3 is 1. The van der Waals surface area contributed by atoms with Crippen molar-refractivity contribution >= 4 is 0 Å². The molecule has 0 bridgehead atoms. The van der Waals surface area contributed by atoms with E-state index >= 15 is 0 Å². The molecule has 4 heteroatoms. The molecule has 0 aliphatic heterocycles. The Morgan fingerprint density at radius 2 is 2.11 bits per heavy atom. The molecule has 1 aliphatic carbocycles. The van der Waals surface area contributed by atoms with Gasteiger partial charge in [-0.2, -0.15) is 5.10 Å². The molecule has 4 nitrogen and oxygen atoms in total. The minimum Gasteiger partial charge on any atom is -0.481 e. The Morgan fingerprint density at radius 3 is 2.78 bits per heavy atom. The predicted molar refractivity (Wildman–Crippen MR) is 72.8 cm³/mol. The van der Waals surface area contributed by atoms with Gasteiger partial charge in [0.15, 0.2) is 0 Å². The van der Waals surface area contributed by atoms with Crippen LogP contribution in [0.2, 0.25) is 0 Å². The highest BCUT2D eigenvalue weighted by molar-refractivity contribution is 5.30. The van der Waals surface area contributed by atoms with Crippen molar-refractivity contribution in [2.24, 2.45) is 13.0 Å². The standard InChI is InChI=1S/C14H25N3O/c1-11-13(14(18-3)17(2)16-11)10-15-9-8-12-6-4-5-7-12/h12,15H,4-10H2,1-3H3. The van der Waals surface area contributed by atoms with Crippen molar-refractivity contribution in [3.8, 4) is 5.88 Å². The lowest BCUT2D eigenvalue weighted by atomic mass is 10.0. The molecule has 1 aromatic heterocycles. The normalized spacial score (nSPS) is 16.4. The predicted octanol–water partition coefficient (Wildman–Crippen LogP) is 2.41. The molecule has 1 aliphatic rings. The van der Waals surface area contributed by atoms with E-state index in [9.17, 15) is 0 Å². The Labute approximate surface area is 110 Å². The van der Waals surface area contributed by atoms with Crippen LogP contribution in [-0.2, 0) is 13.6 Å². The maximum Gasteiger partial charge on any atom is 0.216 e. The Bertz CT molecular complexity index is 381. The molecule has 0 aromatic carbocycles. The van der Waals surface area contributed by atoms with E-state index in [1.165, 1.54) is 37.7 Å². The van der Waals surface area contributed by atoms with Crippen molar-refractivity contribution in [2.45, 2.75) is 45.6 Å². The van der Waals surface area contributed by atoms with E-state index in [1.807, 2.05) is 18.7 Å². The zero-order valence-corrected chi connectivity index (χ0v) is 11.8. The van der Waals surface area contributed by atoms with E-state index in [2.05, 4.69) is 10.4 Å². The molecule has 2 rings (SSSR count). The fourth-order valence-corrected chi connectivity index (χ4v) is 2.96. The van der Waals surface area contributed by atoms with Crippen LogP contribution >= 0.6 is 0 Å². The SMILES string of the molecule is COc1c(CNCCC2CCCC2)c(C)nn1C. The molecule has 18 heavy (non-hydrogen) atoms. The van der Waals surface area contributed by atoms with Crippen LogP contribution in [0.1, 0.15) is 43.4 Å². The smallest absolute Gasteiger partial charge is 0.216 e. The lowest BCUT2D eigenvalue weighted by Gasteiger charge is -2.10. The van der Waals surface area contributed by atoms with Crippen LogP contribution in [0, 0.1) is 12.8 Å². The van der Waals surface area contributed by atoms with Crippen molar-refractivity contribution in [2.75, 3.05) is 13.7 Å². The molecule has 1 saturated carbocycles. The van der Waals surface area contributed by atoms with Crippen LogP contribution in [0.25, 0.3) is 0 Å². The summed E-state index contributed by atoms with van der Waals surface area (Å²) in [4.78, 5) is 0. The van der Waals surface area contributed by atoms with Crippen molar-refractivity contribution in [3.63, 3.8) is 0 Å². The number of ether oxygens (including phenoxy) is 1. The molecule has 102 valence electrons. The highest BCUT2D eigenvalue weighted by atomic mass is 16.5. The second kappa shape index (κ2) is 6.23. The first-order chi connectivity index (χ1) is 8.72. The van der Waals surface area contributed by atoms with Gasteiger partial charge in [0.2, 0.25) is 5.88 Å². The summed E-state index contributed by atoms with van der Waals surface area (Å²) in [5, 5.41) is 7.91. The van der Waals surface area contributed by atoms with Crippen LogP contribution in [0.4, 0.5) is 0 Å². The fraction of sp³-hybridized carbons (Fsp3) is 0.786. The Hall–Kier alpha value is -1.03. The zero-order chi connectivity index (χ0) is 13.0. The summed E-state index contributed by atoms with van der Waals surface area (Å²) in [6.45, 7) is 3.99. The molecule has 0 saturated heterocycles. The van der Waals surface area contributed by atoms with Crippen LogP contribution in [0.15, 0.2) is 0 Å².